The number of anilines is 1. The van der Waals surface area contributed by atoms with E-state index in [0.717, 1.165) is 5.56 Å². The molecule has 2 aromatic carbocycles. The highest BCUT2D eigenvalue weighted by molar-refractivity contribution is 6.30. The Hall–Kier alpha value is -2.40. The molecule has 0 unspecified atom stereocenters. The third-order valence-corrected chi connectivity index (χ3v) is 3.06. The van der Waals surface area contributed by atoms with E-state index >= 15 is 0 Å². The number of rotatable bonds is 2. The maximum absolute atomic E-state index is 13.4. The van der Waals surface area contributed by atoms with E-state index in [1.807, 2.05) is 0 Å². The van der Waals surface area contributed by atoms with Gasteiger partial charge in [0.2, 0.25) is 5.82 Å². The van der Waals surface area contributed by atoms with E-state index in [1.54, 1.807) is 30.3 Å². The summed E-state index contributed by atoms with van der Waals surface area (Å²) in [5.41, 5.74) is 6.77. The maximum Gasteiger partial charge on any atom is 0.260 e. The molecule has 0 saturated carbocycles. The van der Waals surface area contributed by atoms with Crippen LogP contribution >= 0.6 is 11.6 Å². The van der Waals surface area contributed by atoms with Crippen LogP contribution in [0.1, 0.15) is 0 Å². The van der Waals surface area contributed by atoms with Crippen LogP contribution in [0.2, 0.25) is 5.02 Å². The number of aromatic nitrogens is 2. The minimum absolute atomic E-state index is 0.0150. The monoisotopic (exact) mass is 289 g/mol. The Kier molecular flexibility index (Phi) is 3.12. The molecule has 2 N–H and O–H groups in total. The molecule has 0 aliphatic rings. The van der Waals surface area contributed by atoms with Gasteiger partial charge in [0.1, 0.15) is 5.82 Å². The van der Waals surface area contributed by atoms with Crippen LogP contribution in [0.3, 0.4) is 0 Å². The summed E-state index contributed by atoms with van der Waals surface area (Å²) in [6.07, 6.45) is 0. The van der Waals surface area contributed by atoms with Crippen LogP contribution in [0, 0.1) is 5.82 Å². The SMILES string of the molecule is Nc1c(F)cccc1-c1nc(-c2ccc(Cl)cc2)no1. The Morgan fingerprint density at radius 3 is 2.60 bits per heavy atom. The van der Waals surface area contributed by atoms with E-state index in [-0.39, 0.29) is 11.6 Å². The van der Waals surface area contributed by atoms with Crippen molar-refractivity contribution in [3.63, 3.8) is 0 Å². The fourth-order valence-electron chi connectivity index (χ4n) is 1.77. The largest absolute Gasteiger partial charge is 0.396 e. The van der Waals surface area contributed by atoms with Gasteiger partial charge in [0.15, 0.2) is 0 Å². The number of para-hydroxylation sites is 1. The highest BCUT2D eigenvalue weighted by atomic mass is 35.5. The van der Waals surface area contributed by atoms with E-state index in [4.69, 9.17) is 21.9 Å². The average Bonchev–Trinajstić information content (AvgIpc) is 2.92. The summed E-state index contributed by atoms with van der Waals surface area (Å²) in [5, 5.41) is 4.47. The summed E-state index contributed by atoms with van der Waals surface area (Å²) in [4.78, 5) is 4.21. The summed E-state index contributed by atoms with van der Waals surface area (Å²) in [6, 6.07) is 11.4. The number of hydrogen-bond donors (Lipinski definition) is 1. The Morgan fingerprint density at radius 1 is 1.10 bits per heavy atom. The number of nitrogens with zero attached hydrogens (tertiary/aromatic N) is 2. The highest BCUT2D eigenvalue weighted by Crippen LogP contribution is 2.28. The van der Waals surface area contributed by atoms with Crippen molar-refractivity contribution in [1.29, 1.82) is 0 Å². The lowest BCUT2D eigenvalue weighted by Crippen LogP contribution is -1.94. The highest BCUT2D eigenvalue weighted by Gasteiger charge is 2.14. The predicted molar refractivity (Wildman–Crippen MR) is 74.6 cm³/mol. The second-order valence-electron chi connectivity index (χ2n) is 4.13. The van der Waals surface area contributed by atoms with E-state index < -0.39 is 5.82 Å². The Bertz CT molecular complexity index is 755. The van der Waals surface area contributed by atoms with Gasteiger partial charge in [-0.05, 0) is 36.4 Å². The smallest absolute Gasteiger partial charge is 0.260 e. The van der Waals surface area contributed by atoms with Gasteiger partial charge in [0.25, 0.3) is 5.89 Å². The Labute approximate surface area is 119 Å². The van der Waals surface area contributed by atoms with Gasteiger partial charge in [0.05, 0.1) is 11.3 Å². The first-order valence-electron chi connectivity index (χ1n) is 5.79. The molecular formula is C14H9ClFN3O. The van der Waals surface area contributed by atoms with Gasteiger partial charge in [-0.15, -0.1) is 0 Å². The molecule has 3 aromatic rings. The van der Waals surface area contributed by atoms with Gasteiger partial charge in [-0.1, -0.05) is 22.8 Å². The van der Waals surface area contributed by atoms with Crippen molar-refractivity contribution >= 4 is 17.3 Å². The molecule has 0 aliphatic carbocycles. The lowest BCUT2D eigenvalue weighted by atomic mass is 10.1. The molecule has 100 valence electrons. The van der Waals surface area contributed by atoms with Crippen LogP contribution in [0.15, 0.2) is 47.0 Å². The minimum atomic E-state index is -0.520. The van der Waals surface area contributed by atoms with Gasteiger partial charge >= 0.3 is 0 Å². The summed E-state index contributed by atoms with van der Waals surface area (Å²) in [6.45, 7) is 0. The standard InChI is InChI=1S/C14H9ClFN3O/c15-9-6-4-8(5-7-9)13-18-14(20-19-13)10-2-1-3-11(16)12(10)17/h1-7H,17H2. The van der Waals surface area contributed by atoms with Crippen LogP contribution in [0.4, 0.5) is 10.1 Å². The Morgan fingerprint density at radius 2 is 1.85 bits per heavy atom. The number of hydrogen-bond acceptors (Lipinski definition) is 4. The van der Waals surface area contributed by atoms with E-state index in [2.05, 4.69) is 10.1 Å². The molecule has 0 amide bonds. The second-order valence-corrected chi connectivity index (χ2v) is 4.57. The Balaban J connectivity index is 2.02. The van der Waals surface area contributed by atoms with Gasteiger partial charge in [-0.25, -0.2) is 4.39 Å². The van der Waals surface area contributed by atoms with E-state index in [9.17, 15) is 4.39 Å². The molecule has 1 aromatic heterocycles. The average molecular weight is 290 g/mol. The molecule has 0 fully saturated rings. The molecule has 20 heavy (non-hydrogen) atoms. The van der Waals surface area contributed by atoms with Crippen molar-refractivity contribution in [2.24, 2.45) is 0 Å². The molecule has 0 spiro atoms. The molecule has 1 heterocycles. The molecule has 6 heteroatoms. The summed E-state index contributed by atoms with van der Waals surface area (Å²) < 4.78 is 18.5. The van der Waals surface area contributed by atoms with E-state index in [0.29, 0.717) is 16.4 Å². The normalized spacial score (nSPS) is 10.7. The van der Waals surface area contributed by atoms with Gasteiger partial charge in [0, 0.05) is 10.6 Å². The molecule has 0 bridgehead atoms. The van der Waals surface area contributed by atoms with Crippen molar-refractivity contribution < 1.29 is 8.91 Å². The van der Waals surface area contributed by atoms with Crippen molar-refractivity contribution in [2.45, 2.75) is 0 Å². The van der Waals surface area contributed by atoms with Crippen molar-refractivity contribution in [1.82, 2.24) is 10.1 Å². The maximum atomic E-state index is 13.4. The molecule has 0 radical (unpaired) electrons. The van der Waals surface area contributed by atoms with Crippen LogP contribution in [-0.2, 0) is 0 Å². The zero-order valence-corrected chi connectivity index (χ0v) is 10.9. The van der Waals surface area contributed by atoms with Gasteiger partial charge in [-0.3, -0.25) is 0 Å². The lowest BCUT2D eigenvalue weighted by molar-refractivity contribution is 0.432. The molecule has 0 saturated heterocycles. The zero-order chi connectivity index (χ0) is 14.1. The van der Waals surface area contributed by atoms with Crippen molar-refractivity contribution in [2.75, 3.05) is 5.73 Å². The van der Waals surface area contributed by atoms with Gasteiger partial charge < -0.3 is 10.3 Å². The van der Waals surface area contributed by atoms with E-state index in [1.165, 1.54) is 12.1 Å². The number of benzene rings is 2. The second kappa shape index (κ2) is 4.94. The van der Waals surface area contributed by atoms with Crippen LogP contribution in [0.5, 0.6) is 0 Å². The molecular weight excluding hydrogens is 281 g/mol. The predicted octanol–water partition coefficient (Wildman–Crippen LogP) is 3.78. The molecule has 0 aliphatic heterocycles. The zero-order valence-electron chi connectivity index (χ0n) is 10.2. The molecule has 3 rings (SSSR count). The summed E-state index contributed by atoms with van der Waals surface area (Å²) >= 11 is 5.82. The fourth-order valence-corrected chi connectivity index (χ4v) is 1.90. The van der Waals surface area contributed by atoms with Crippen LogP contribution in [0.25, 0.3) is 22.8 Å². The number of nitrogens with two attached hydrogens (primary N) is 1. The van der Waals surface area contributed by atoms with Crippen LogP contribution < -0.4 is 5.73 Å². The topological polar surface area (TPSA) is 64.9 Å². The van der Waals surface area contributed by atoms with Gasteiger partial charge in [-0.2, -0.15) is 4.98 Å². The summed E-state index contributed by atoms with van der Waals surface area (Å²) in [5.74, 6) is 0.0426. The first kappa shape index (κ1) is 12.6. The fraction of sp³-hybridized carbons (Fsp3) is 0. The van der Waals surface area contributed by atoms with Crippen molar-refractivity contribution in [3.05, 3.63) is 53.3 Å². The quantitative estimate of drug-likeness (QED) is 0.729. The minimum Gasteiger partial charge on any atom is -0.396 e. The number of nitrogen functional groups attached to an aromatic ring is 1. The van der Waals surface area contributed by atoms with Crippen LogP contribution in [-0.4, -0.2) is 10.1 Å². The summed E-state index contributed by atoms with van der Waals surface area (Å²) in [7, 11) is 0. The third kappa shape index (κ3) is 2.23. The first-order valence-corrected chi connectivity index (χ1v) is 6.17. The molecule has 4 nitrogen and oxygen atoms in total. The first-order chi connectivity index (χ1) is 9.65. The molecule has 0 atom stereocenters. The van der Waals surface area contributed by atoms with Crippen molar-refractivity contribution in [3.8, 4) is 22.8 Å². The lowest BCUT2D eigenvalue weighted by Gasteiger charge is -2.00. The third-order valence-electron chi connectivity index (χ3n) is 2.81. The number of halogens is 2.